The van der Waals surface area contributed by atoms with Gasteiger partial charge in [-0.3, -0.25) is 14.8 Å². The van der Waals surface area contributed by atoms with Crippen molar-refractivity contribution in [2.24, 2.45) is 5.41 Å². The minimum absolute atomic E-state index is 0.0250. The molecule has 2 aromatic carbocycles. The van der Waals surface area contributed by atoms with Gasteiger partial charge in [-0.15, -0.1) is 0 Å². The van der Waals surface area contributed by atoms with Crippen molar-refractivity contribution in [1.29, 1.82) is 0 Å². The maximum absolute atomic E-state index is 14.0. The second-order valence-electron chi connectivity index (χ2n) is 14.8. The van der Waals surface area contributed by atoms with E-state index in [9.17, 15) is 22.4 Å². The van der Waals surface area contributed by atoms with E-state index in [1.165, 1.54) is 6.08 Å². The molecule has 0 radical (unpaired) electrons. The third-order valence-electron chi connectivity index (χ3n) is 11.1. The average Bonchev–Trinajstić information content (AvgIpc) is 3.82. The van der Waals surface area contributed by atoms with Gasteiger partial charge in [0.25, 0.3) is 0 Å². The molecule has 270 valence electrons. The zero-order chi connectivity index (χ0) is 35.7. The molecule has 3 aliphatic heterocycles. The van der Waals surface area contributed by atoms with Crippen LogP contribution in [0.15, 0.2) is 37.1 Å². The number of fused-ring (bicyclic) bond motifs is 2. The number of alkyl halides is 4. The van der Waals surface area contributed by atoms with Crippen molar-refractivity contribution >= 4 is 39.5 Å². The van der Waals surface area contributed by atoms with E-state index < -0.39 is 19.0 Å². The highest BCUT2D eigenvalue weighted by Crippen LogP contribution is 2.53. The summed E-state index contributed by atoms with van der Waals surface area (Å²) in [6.45, 7) is 8.68. The second kappa shape index (κ2) is 12.6. The smallest absolute Gasteiger partial charge is 0.422 e. The number of likely N-dealkylation sites (tertiary alicyclic amines) is 2. The standard InChI is InChI=1S/C37H42F4N8O2/c1-4-29(50)49-19-36(20-49)9-11-48(12-10-36)34-26-15-25(23-6-7-23)31(30-22(2)5-8-28-27(30)16-42-45-28)33(51-21-37(39,40)41)32(26)43-35(44-34)46(3)13-14-47-17-24(38)18-47/h4-5,8,15-16,23-24H,1,6-7,9-14,17-21H2,2-3H3,(H,42,45). The molecule has 0 unspecified atom stereocenters. The first kappa shape index (κ1) is 33.7. The summed E-state index contributed by atoms with van der Waals surface area (Å²) in [4.78, 5) is 30.2. The van der Waals surface area contributed by atoms with Gasteiger partial charge in [0, 0.05) is 81.2 Å². The molecule has 51 heavy (non-hydrogen) atoms. The lowest BCUT2D eigenvalue weighted by atomic mass is 9.72. The Hall–Kier alpha value is -4.46. The Morgan fingerprint density at radius 1 is 1.14 bits per heavy atom. The summed E-state index contributed by atoms with van der Waals surface area (Å²) in [6.07, 6.45) is 1.17. The van der Waals surface area contributed by atoms with Gasteiger partial charge >= 0.3 is 6.18 Å². The van der Waals surface area contributed by atoms with Crippen LogP contribution in [0.1, 0.15) is 42.7 Å². The van der Waals surface area contributed by atoms with Crippen molar-refractivity contribution < 1.29 is 27.1 Å². The number of aryl methyl sites for hydroxylation is 1. The zero-order valence-corrected chi connectivity index (χ0v) is 28.9. The maximum atomic E-state index is 14.0. The van der Waals surface area contributed by atoms with E-state index in [4.69, 9.17) is 14.7 Å². The number of nitrogens with zero attached hydrogens (tertiary/aromatic N) is 7. The zero-order valence-electron chi connectivity index (χ0n) is 28.9. The van der Waals surface area contributed by atoms with Gasteiger partial charge in [0.1, 0.15) is 17.5 Å². The van der Waals surface area contributed by atoms with Gasteiger partial charge in [0.15, 0.2) is 12.4 Å². The van der Waals surface area contributed by atoms with Crippen LogP contribution in [0.3, 0.4) is 0 Å². The summed E-state index contributed by atoms with van der Waals surface area (Å²) >= 11 is 0. The van der Waals surface area contributed by atoms with E-state index in [-0.39, 0.29) is 23.0 Å². The first-order chi connectivity index (χ1) is 24.4. The van der Waals surface area contributed by atoms with Crippen LogP contribution < -0.4 is 14.5 Å². The predicted octanol–water partition coefficient (Wildman–Crippen LogP) is 6.00. The fourth-order valence-corrected chi connectivity index (χ4v) is 8.01. The molecule has 0 bridgehead atoms. The first-order valence-corrected chi connectivity index (χ1v) is 17.7. The minimum Gasteiger partial charge on any atom is -0.481 e. The average molecular weight is 707 g/mol. The van der Waals surface area contributed by atoms with Crippen molar-refractivity contribution in [2.45, 2.75) is 50.9 Å². The monoisotopic (exact) mass is 706 g/mol. The fraction of sp³-hybridized carbons (Fsp3) is 0.514. The molecule has 1 aliphatic carbocycles. The SMILES string of the molecule is C=CC(=O)N1CC2(CCN(c3nc(N(C)CCN4CC(F)C4)nc4c(OCC(F)(F)F)c(-c5c(C)ccc6[nH]ncc56)c(C5CC5)cc34)CC2)C1. The third kappa shape index (κ3) is 6.36. The largest absolute Gasteiger partial charge is 0.481 e. The highest BCUT2D eigenvalue weighted by Gasteiger charge is 2.46. The first-order valence-electron chi connectivity index (χ1n) is 17.7. The van der Waals surface area contributed by atoms with Crippen LogP contribution in [-0.2, 0) is 4.79 Å². The Bertz CT molecular complexity index is 1990. The van der Waals surface area contributed by atoms with E-state index in [1.807, 2.05) is 40.8 Å². The number of halogens is 4. The highest BCUT2D eigenvalue weighted by molar-refractivity contribution is 6.06. The van der Waals surface area contributed by atoms with Crippen LogP contribution in [0.5, 0.6) is 5.75 Å². The molecule has 3 saturated heterocycles. The number of piperidine rings is 1. The lowest BCUT2D eigenvalue weighted by Gasteiger charge is -2.54. The molecule has 1 N–H and O–H groups in total. The molecule has 2 aromatic heterocycles. The molecule has 8 rings (SSSR count). The minimum atomic E-state index is -4.58. The van der Waals surface area contributed by atoms with Gasteiger partial charge in [-0.05, 0) is 73.4 Å². The lowest BCUT2D eigenvalue weighted by molar-refractivity contribution is -0.153. The molecule has 5 heterocycles. The van der Waals surface area contributed by atoms with Gasteiger partial charge in [-0.2, -0.15) is 23.3 Å². The normalized spacial score (nSPS) is 19.4. The van der Waals surface area contributed by atoms with Crippen molar-refractivity contribution in [2.75, 3.05) is 75.8 Å². The summed E-state index contributed by atoms with van der Waals surface area (Å²) in [7, 11) is 1.86. The Kier molecular flexibility index (Phi) is 8.35. The van der Waals surface area contributed by atoms with Gasteiger partial charge in [-0.25, -0.2) is 9.37 Å². The summed E-state index contributed by atoms with van der Waals surface area (Å²) in [5, 5.41) is 8.73. The molecule has 4 fully saturated rings. The van der Waals surface area contributed by atoms with E-state index in [2.05, 4.69) is 27.7 Å². The number of carbonyl (C=O) groups excluding carboxylic acids is 1. The van der Waals surface area contributed by atoms with Gasteiger partial charge in [0.05, 0.1) is 11.7 Å². The van der Waals surface area contributed by atoms with Crippen LogP contribution in [0, 0.1) is 12.3 Å². The number of nitrogens with one attached hydrogen (secondary N) is 1. The van der Waals surface area contributed by atoms with Gasteiger partial charge < -0.3 is 19.4 Å². The number of anilines is 2. The number of aromatic nitrogens is 4. The summed E-state index contributed by atoms with van der Waals surface area (Å²) < 4.78 is 61.5. The van der Waals surface area contributed by atoms with Crippen molar-refractivity contribution in [1.82, 2.24) is 30.0 Å². The summed E-state index contributed by atoms with van der Waals surface area (Å²) in [5.41, 5.74) is 4.33. The number of aromatic amines is 1. The highest BCUT2D eigenvalue weighted by atomic mass is 19.4. The van der Waals surface area contributed by atoms with E-state index >= 15 is 0 Å². The number of benzene rings is 2. The Labute approximate surface area is 293 Å². The molecule has 1 spiro atoms. The number of H-pyrrole nitrogens is 1. The molecule has 1 amide bonds. The topological polar surface area (TPSA) is 93.7 Å². The molecule has 4 aliphatic rings. The lowest BCUT2D eigenvalue weighted by Crippen LogP contribution is -2.61. The second-order valence-corrected chi connectivity index (χ2v) is 14.8. The van der Waals surface area contributed by atoms with Crippen molar-refractivity contribution in [3.8, 4) is 16.9 Å². The molecule has 0 atom stereocenters. The van der Waals surface area contributed by atoms with E-state index in [0.29, 0.717) is 80.6 Å². The Morgan fingerprint density at radius 3 is 2.55 bits per heavy atom. The predicted molar refractivity (Wildman–Crippen MR) is 188 cm³/mol. The number of hydrogen-bond donors (Lipinski definition) is 1. The summed E-state index contributed by atoms with van der Waals surface area (Å²) in [5.74, 6) is 1.20. The van der Waals surface area contributed by atoms with E-state index in [0.717, 1.165) is 53.3 Å². The number of ether oxygens (including phenoxy) is 1. The van der Waals surface area contributed by atoms with Crippen molar-refractivity contribution in [3.05, 3.63) is 48.2 Å². The number of likely N-dealkylation sites (N-methyl/N-ethyl adjacent to an activating group) is 1. The van der Waals surface area contributed by atoms with Gasteiger partial charge in [-0.1, -0.05) is 12.6 Å². The number of carbonyl (C=O) groups is 1. The quantitative estimate of drug-likeness (QED) is 0.159. The number of rotatable bonds is 10. The summed E-state index contributed by atoms with van der Waals surface area (Å²) in [6, 6.07) is 5.95. The molecule has 10 nitrogen and oxygen atoms in total. The van der Waals surface area contributed by atoms with Crippen LogP contribution >= 0.6 is 0 Å². The van der Waals surface area contributed by atoms with E-state index in [1.54, 1.807) is 6.20 Å². The van der Waals surface area contributed by atoms with Crippen LogP contribution in [0.25, 0.3) is 32.9 Å². The number of hydrogen-bond acceptors (Lipinski definition) is 8. The third-order valence-corrected chi connectivity index (χ3v) is 11.1. The van der Waals surface area contributed by atoms with Crippen LogP contribution in [-0.4, -0.2) is 114 Å². The maximum Gasteiger partial charge on any atom is 0.422 e. The fourth-order valence-electron chi connectivity index (χ4n) is 8.01. The Balaban J connectivity index is 1.27. The molecular formula is C37H42F4N8O2. The van der Waals surface area contributed by atoms with Crippen molar-refractivity contribution in [3.63, 3.8) is 0 Å². The van der Waals surface area contributed by atoms with Gasteiger partial charge in [0.2, 0.25) is 11.9 Å². The molecule has 1 saturated carbocycles. The van der Waals surface area contributed by atoms with Crippen LogP contribution in [0.4, 0.5) is 29.3 Å². The number of amides is 1. The molecule has 14 heteroatoms. The molecule has 4 aromatic rings. The van der Waals surface area contributed by atoms with Crippen LogP contribution in [0.2, 0.25) is 0 Å². The Morgan fingerprint density at radius 2 is 1.88 bits per heavy atom. The molecular weight excluding hydrogens is 664 g/mol.